The van der Waals surface area contributed by atoms with Crippen molar-refractivity contribution in [2.75, 3.05) is 32.7 Å². The summed E-state index contributed by atoms with van der Waals surface area (Å²) >= 11 is 0. The van der Waals surface area contributed by atoms with Crippen LogP contribution in [0.1, 0.15) is 19.8 Å². The van der Waals surface area contributed by atoms with E-state index in [1.807, 2.05) is 17.1 Å². The van der Waals surface area contributed by atoms with Gasteiger partial charge in [-0.2, -0.15) is 0 Å². The van der Waals surface area contributed by atoms with E-state index in [2.05, 4.69) is 6.92 Å². The highest BCUT2D eigenvalue weighted by molar-refractivity contribution is 5.84. The van der Waals surface area contributed by atoms with Gasteiger partial charge in [0.05, 0.1) is 32.7 Å². The number of aliphatic carboxylic acids is 1. The van der Waals surface area contributed by atoms with Crippen LogP contribution in [-0.4, -0.2) is 49.5 Å². The molecule has 1 heterocycles. The van der Waals surface area contributed by atoms with Crippen molar-refractivity contribution in [3.8, 4) is 0 Å². The monoisotopic (exact) mass is 266 g/mol. The lowest BCUT2D eigenvalue weighted by molar-refractivity contribution is -0.902. The smallest absolute Gasteiger partial charge is 0.227 e. The third-order valence-corrected chi connectivity index (χ3v) is 4.33. The fraction of sp³-hybridized carbons (Fsp3) is 0.714. The summed E-state index contributed by atoms with van der Waals surface area (Å²) in [5, 5.41) is 11.1. The topological polar surface area (TPSA) is 64.9 Å². The largest absolute Gasteiger partial charge is 0.550 e. The first kappa shape index (κ1) is 14.1. The van der Waals surface area contributed by atoms with Gasteiger partial charge in [0.2, 0.25) is 5.91 Å². The maximum Gasteiger partial charge on any atom is 0.227 e. The van der Waals surface area contributed by atoms with Crippen molar-refractivity contribution in [2.45, 2.75) is 19.8 Å². The van der Waals surface area contributed by atoms with Crippen molar-refractivity contribution in [3.63, 3.8) is 0 Å². The standard InChI is InChI=1S/C14H22N2O3/c1-2-15-7-9-16(10-8-15)13(17)11-5-3-4-6-12(11)14(18)19/h3-4,11-12H,2,5-10H2,1H3,(H,18,19)/t11-,12+/m1/s1. The minimum absolute atomic E-state index is 0.00583. The Morgan fingerprint density at radius 2 is 1.79 bits per heavy atom. The Bertz CT molecular complexity index is 373. The highest BCUT2D eigenvalue weighted by Gasteiger charge is 2.34. The van der Waals surface area contributed by atoms with Crippen molar-refractivity contribution >= 4 is 11.9 Å². The Balaban J connectivity index is 1.98. The van der Waals surface area contributed by atoms with E-state index in [-0.39, 0.29) is 5.91 Å². The molecular weight excluding hydrogens is 244 g/mol. The number of carboxylic acid groups (broad SMARTS) is 1. The Labute approximate surface area is 113 Å². The number of amides is 1. The Kier molecular flexibility index (Phi) is 4.58. The predicted molar refractivity (Wildman–Crippen MR) is 68.2 cm³/mol. The zero-order chi connectivity index (χ0) is 13.8. The van der Waals surface area contributed by atoms with Gasteiger partial charge in [0.1, 0.15) is 0 Å². The van der Waals surface area contributed by atoms with E-state index >= 15 is 0 Å². The van der Waals surface area contributed by atoms with Crippen molar-refractivity contribution < 1.29 is 19.6 Å². The van der Waals surface area contributed by atoms with Crippen LogP contribution in [0.2, 0.25) is 0 Å². The van der Waals surface area contributed by atoms with Gasteiger partial charge in [0.25, 0.3) is 0 Å². The molecule has 5 heteroatoms. The molecule has 1 aliphatic heterocycles. The number of carboxylic acids is 1. The van der Waals surface area contributed by atoms with Gasteiger partial charge < -0.3 is 19.7 Å². The van der Waals surface area contributed by atoms with E-state index in [0.717, 1.165) is 32.7 Å². The molecule has 1 amide bonds. The van der Waals surface area contributed by atoms with E-state index in [1.165, 1.54) is 4.90 Å². The molecule has 2 rings (SSSR count). The molecule has 0 saturated carbocycles. The van der Waals surface area contributed by atoms with Gasteiger partial charge in [-0.05, 0) is 19.8 Å². The quantitative estimate of drug-likeness (QED) is 0.605. The number of quaternary nitrogens is 1. The molecular formula is C14H22N2O3. The minimum Gasteiger partial charge on any atom is -0.550 e. The Hall–Kier alpha value is -1.36. The molecule has 0 unspecified atom stereocenters. The number of hydrogen-bond donors (Lipinski definition) is 1. The molecule has 106 valence electrons. The van der Waals surface area contributed by atoms with Gasteiger partial charge in [-0.25, -0.2) is 0 Å². The van der Waals surface area contributed by atoms with E-state index in [4.69, 9.17) is 0 Å². The van der Waals surface area contributed by atoms with E-state index < -0.39 is 17.8 Å². The van der Waals surface area contributed by atoms with Crippen molar-refractivity contribution in [1.82, 2.24) is 4.90 Å². The molecule has 1 saturated heterocycles. The number of carbonyl (C=O) groups is 2. The maximum atomic E-state index is 12.5. The molecule has 0 aromatic heterocycles. The third kappa shape index (κ3) is 3.15. The average molecular weight is 266 g/mol. The first-order chi connectivity index (χ1) is 9.13. The molecule has 1 aliphatic carbocycles. The number of carbonyl (C=O) groups excluding carboxylic acids is 2. The highest BCUT2D eigenvalue weighted by atomic mass is 16.4. The summed E-state index contributed by atoms with van der Waals surface area (Å²) in [6.07, 6.45) is 4.69. The summed E-state index contributed by atoms with van der Waals surface area (Å²) in [5.41, 5.74) is 0. The number of piperazine rings is 1. The Morgan fingerprint density at radius 1 is 1.21 bits per heavy atom. The first-order valence-electron chi connectivity index (χ1n) is 7.11. The number of hydrogen-bond acceptors (Lipinski definition) is 3. The summed E-state index contributed by atoms with van der Waals surface area (Å²) in [5.74, 6) is -2.19. The predicted octanol–water partition coefficient (Wildman–Crippen LogP) is -1.93. The van der Waals surface area contributed by atoms with E-state index in [9.17, 15) is 14.7 Å². The number of nitrogens with zero attached hydrogens (tertiary/aromatic N) is 1. The first-order valence-corrected chi connectivity index (χ1v) is 7.11. The molecule has 1 fully saturated rings. The van der Waals surface area contributed by atoms with Gasteiger partial charge in [-0.3, -0.25) is 4.79 Å². The second-order valence-corrected chi connectivity index (χ2v) is 5.40. The Morgan fingerprint density at radius 3 is 2.32 bits per heavy atom. The SMILES string of the molecule is CC[NH+]1CCN(C(=O)[C@@H]2CC=CC[C@@H]2C(=O)[O-])CC1. The summed E-state index contributed by atoms with van der Waals surface area (Å²) in [4.78, 5) is 26.9. The molecule has 0 bridgehead atoms. The van der Waals surface area contributed by atoms with Crippen LogP contribution >= 0.6 is 0 Å². The third-order valence-electron chi connectivity index (χ3n) is 4.33. The molecule has 2 aliphatic rings. The van der Waals surface area contributed by atoms with Crippen molar-refractivity contribution in [3.05, 3.63) is 12.2 Å². The number of allylic oxidation sites excluding steroid dienone is 2. The highest BCUT2D eigenvalue weighted by Crippen LogP contribution is 2.27. The van der Waals surface area contributed by atoms with Gasteiger partial charge in [-0.1, -0.05) is 12.2 Å². The number of likely N-dealkylation sites (N-methyl/N-ethyl adjacent to an activating group) is 1. The van der Waals surface area contributed by atoms with E-state index in [1.54, 1.807) is 0 Å². The van der Waals surface area contributed by atoms with Crippen LogP contribution in [0.15, 0.2) is 12.2 Å². The zero-order valence-electron chi connectivity index (χ0n) is 11.4. The second kappa shape index (κ2) is 6.19. The molecule has 0 aromatic carbocycles. The maximum absolute atomic E-state index is 12.5. The van der Waals surface area contributed by atoms with Crippen LogP contribution in [0.25, 0.3) is 0 Å². The summed E-state index contributed by atoms with van der Waals surface area (Å²) in [7, 11) is 0. The fourth-order valence-corrected chi connectivity index (χ4v) is 2.98. The lowest BCUT2D eigenvalue weighted by Crippen LogP contribution is -3.14. The lowest BCUT2D eigenvalue weighted by Gasteiger charge is -2.36. The van der Waals surface area contributed by atoms with Crippen molar-refractivity contribution in [1.29, 1.82) is 0 Å². The minimum atomic E-state index is -1.10. The van der Waals surface area contributed by atoms with Crippen LogP contribution in [0.4, 0.5) is 0 Å². The van der Waals surface area contributed by atoms with Gasteiger partial charge >= 0.3 is 0 Å². The molecule has 0 radical (unpaired) electrons. The number of nitrogens with one attached hydrogen (secondary N) is 1. The normalized spacial score (nSPS) is 28.4. The van der Waals surface area contributed by atoms with Crippen LogP contribution in [0, 0.1) is 11.8 Å². The molecule has 2 atom stereocenters. The summed E-state index contributed by atoms with van der Waals surface area (Å²) in [6, 6.07) is 0. The van der Waals surface area contributed by atoms with Gasteiger partial charge in [-0.15, -0.1) is 0 Å². The second-order valence-electron chi connectivity index (χ2n) is 5.40. The van der Waals surface area contributed by atoms with Gasteiger partial charge in [0.15, 0.2) is 0 Å². The van der Waals surface area contributed by atoms with Crippen LogP contribution in [-0.2, 0) is 9.59 Å². The molecule has 0 aromatic rings. The fourth-order valence-electron chi connectivity index (χ4n) is 2.98. The molecule has 19 heavy (non-hydrogen) atoms. The molecule has 0 spiro atoms. The summed E-state index contributed by atoms with van der Waals surface area (Å²) < 4.78 is 0. The lowest BCUT2D eigenvalue weighted by atomic mass is 9.82. The van der Waals surface area contributed by atoms with E-state index in [0.29, 0.717) is 12.8 Å². The molecule has 1 N–H and O–H groups in total. The number of rotatable bonds is 3. The summed E-state index contributed by atoms with van der Waals surface area (Å²) in [6.45, 7) is 6.62. The van der Waals surface area contributed by atoms with Crippen molar-refractivity contribution in [2.24, 2.45) is 11.8 Å². The zero-order valence-corrected chi connectivity index (χ0v) is 11.4. The van der Waals surface area contributed by atoms with Gasteiger partial charge in [0, 0.05) is 17.8 Å². The van der Waals surface area contributed by atoms with Crippen LogP contribution in [0.5, 0.6) is 0 Å². The van der Waals surface area contributed by atoms with Crippen LogP contribution < -0.4 is 10.0 Å². The average Bonchev–Trinajstić information content (AvgIpc) is 2.46. The van der Waals surface area contributed by atoms with Crippen LogP contribution in [0.3, 0.4) is 0 Å². The molecule has 5 nitrogen and oxygen atoms in total.